The SMILES string of the molecule is O=C([O-])c1ccc2ccccc2n1.[Ag+]. The van der Waals surface area contributed by atoms with E-state index in [1.807, 2.05) is 18.2 Å². The molecular weight excluding hydrogens is 274 g/mol. The molecule has 3 nitrogen and oxygen atoms in total. The summed E-state index contributed by atoms with van der Waals surface area (Å²) in [6, 6.07) is 10.5. The molecule has 1 heterocycles. The molecule has 0 aliphatic heterocycles. The molecule has 0 amide bonds. The molecule has 74 valence electrons. The Hall–Kier alpha value is -1.16. The Morgan fingerprint density at radius 1 is 1.14 bits per heavy atom. The monoisotopic (exact) mass is 279 g/mol. The summed E-state index contributed by atoms with van der Waals surface area (Å²) in [5.74, 6) is -1.24. The summed E-state index contributed by atoms with van der Waals surface area (Å²) in [6.07, 6.45) is 0. The molecule has 14 heavy (non-hydrogen) atoms. The van der Waals surface area contributed by atoms with Crippen molar-refractivity contribution in [3.63, 3.8) is 0 Å². The van der Waals surface area contributed by atoms with Crippen molar-refractivity contribution >= 4 is 16.9 Å². The fourth-order valence-corrected chi connectivity index (χ4v) is 1.18. The zero-order valence-electron chi connectivity index (χ0n) is 7.03. The number of carboxylic acid groups (broad SMARTS) is 1. The first-order chi connectivity index (χ1) is 6.27. The second-order valence-electron chi connectivity index (χ2n) is 2.68. The van der Waals surface area contributed by atoms with E-state index in [4.69, 9.17) is 0 Å². The van der Waals surface area contributed by atoms with Crippen LogP contribution >= 0.6 is 0 Å². The fourth-order valence-electron chi connectivity index (χ4n) is 1.18. The second kappa shape index (κ2) is 4.37. The third kappa shape index (κ3) is 2.01. The van der Waals surface area contributed by atoms with E-state index in [0.717, 1.165) is 5.39 Å². The van der Waals surface area contributed by atoms with Crippen molar-refractivity contribution in [2.24, 2.45) is 0 Å². The van der Waals surface area contributed by atoms with Crippen LogP contribution in [0.2, 0.25) is 0 Å². The summed E-state index contributed by atoms with van der Waals surface area (Å²) in [6.45, 7) is 0. The van der Waals surface area contributed by atoms with Crippen LogP contribution in [0.5, 0.6) is 0 Å². The Morgan fingerprint density at radius 3 is 2.57 bits per heavy atom. The molecule has 0 bridgehead atoms. The Morgan fingerprint density at radius 2 is 1.86 bits per heavy atom. The van der Waals surface area contributed by atoms with E-state index in [1.165, 1.54) is 6.07 Å². The van der Waals surface area contributed by atoms with Gasteiger partial charge in [-0.1, -0.05) is 24.3 Å². The Labute approximate surface area is 96.3 Å². The van der Waals surface area contributed by atoms with Gasteiger partial charge in [0.05, 0.1) is 17.2 Å². The van der Waals surface area contributed by atoms with Gasteiger partial charge in [-0.05, 0) is 12.1 Å². The van der Waals surface area contributed by atoms with Crippen molar-refractivity contribution in [2.75, 3.05) is 0 Å². The predicted octanol–water partition coefficient (Wildman–Crippen LogP) is 0.596. The molecule has 0 unspecified atom stereocenters. The number of carbonyl (C=O) groups excluding carboxylic acids is 1. The molecule has 2 rings (SSSR count). The summed E-state index contributed by atoms with van der Waals surface area (Å²) < 4.78 is 0. The standard InChI is InChI=1S/C10H7NO2.Ag/c12-10(13)9-6-5-7-3-1-2-4-8(7)11-9;/h1-6H,(H,12,13);/q;+1/p-1. The number of fused-ring (bicyclic) bond motifs is 1. The quantitative estimate of drug-likeness (QED) is 0.719. The summed E-state index contributed by atoms with van der Waals surface area (Å²) >= 11 is 0. The molecule has 0 radical (unpaired) electrons. The third-order valence-electron chi connectivity index (χ3n) is 1.81. The number of para-hydroxylation sites is 1. The average Bonchev–Trinajstić information content (AvgIpc) is 2.17. The van der Waals surface area contributed by atoms with Crippen molar-refractivity contribution in [2.45, 2.75) is 0 Å². The van der Waals surface area contributed by atoms with Gasteiger partial charge in [0.1, 0.15) is 0 Å². The largest absolute Gasteiger partial charge is 1.00 e. The van der Waals surface area contributed by atoms with Crippen LogP contribution < -0.4 is 5.11 Å². The minimum absolute atomic E-state index is 0. The van der Waals surface area contributed by atoms with Crippen LogP contribution in [0.15, 0.2) is 36.4 Å². The van der Waals surface area contributed by atoms with E-state index < -0.39 is 5.97 Å². The maximum Gasteiger partial charge on any atom is 1.00 e. The number of carbonyl (C=O) groups is 1. The van der Waals surface area contributed by atoms with Gasteiger partial charge in [-0.3, -0.25) is 0 Å². The number of aromatic nitrogens is 1. The Kier molecular flexibility index (Phi) is 3.41. The molecule has 0 N–H and O–H groups in total. The van der Waals surface area contributed by atoms with Crippen molar-refractivity contribution in [3.05, 3.63) is 42.1 Å². The van der Waals surface area contributed by atoms with Gasteiger partial charge in [0, 0.05) is 5.39 Å². The summed E-state index contributed by atoms with van der Waals surface area (Å²) in [5.41, 5.74) is 0.642. The first-order valence-electron chi connectivity index (χ1n) is 3.84. The summed E-state index contributed by atoms with van der Waals surface area (Å²) in [5, 5.41) is 11.4. The van der Waals surface area contributed by atoms with Gasteiger partial charge in [-0.2, -0.15) is 0 Å². The fraction of sp³-hybridized carbons (Fsp3) is 0. The molecule has 0 aliphatic rings. The van der Waals surface area contributed by atoms with Crippen LogP contribution in [0.25, 0.3) is 10.9 Å². The van der Waals surface area contributed by atoms with Gasteiger partial charge in [0.15, 0.2) is 0 Å². The number of carboxylic acids is 1. The molecule has 4 heteroatoms. The molecule has 0 saturated carbocycles. The molecule has 0 aliphatic carbocycles. The van der Waals surface area contributed by atoms with Gasteiger partial charge in [0.25, 0.3) is 0 Å². The van der Waals surface area contributed by atoms with E-state index in [9.17, 15) is 9.90 Å². The minimum Gasteiger partial charge on any atom is -0.543 e. The van der Waals surface area contributed by atoms with Crippen molar-refractivity contribution in [3.8, 4) is 0 Å². The van der Waals surface area contributed by atoms with E-state index in [0.29, 0.717) is 5.52 Å². The van der Waals surface area contributed by atoms with Crippen molar-refractivity contribution in [1.29, 1.82) is 0 Å². The van der Waals surface area contributed by atoms with Crippen molar-refractivity contribution < 1.29 is 32.3 Å². The van der Waals surface area contributed by atoms with Crippen LogP contribution in [0, 0.1) is 0 Å². The van der Waals surface area contributed by atoms with Gasteiger partial charge < -0.3 is 9.90 Å². The topological polar surface area (TPSA) is 53.0 Å². The number of aromatic carboxylic acids is 1. The van der Waals surface area contributed by atoms with Crippen LogP contribution in [0.4, 0.5) is 0 Å². The van der Waals surface area contributed by atoms with Gasteiger partial charge in [0.2, 0.25) is 0 Å². The molecule has 0 atom stereocenters. The smallest absolute Gasteiger partial charge is 0.543 e. The Bertz CT molecular complexity index is 470. The zero-order valence-corrected chi connectivity index (χ0v) is 8.51. The normalized spacial score (nSPS) is 9.43. The van der Waals surface area contributed by atoms with Crippen LogP contribution in [0.1, 0.15) is 10.5 Å². The van der Waals surface area contributed by atoms with Crippen LogP contribution in [-0.4, -0.2) is 11.0 Å². The maximum atomic E-state index is 10.5. The minimum atomic E-state index is -1.24. The van der Waals surface area contributed by atoms with Crippen LogP contribution in [0.3, 0.4) is 0 Å². The molecule has 0 saturated heterocycles. The number of nitrogens with zero attached hydrogens (tertiary/aromatic N) is 1. The second-order valence-corrected chi connectivity index (χ2v) is 2.68. The molecule has 1 aromatic heterocycles. The number of hydrogen-bond acceptors (Lipinski definition) is 3. The first-order valence-corrected chi connectivity index (χ1v) is 3.84. The van der Waals surface area contributed by atoms with Gasteiger partial charge >= 0.3 is 22.4 Å². The number of rotatable bonds is 1. The summed E-state index contributed by atoms with van der Waals surface area (Å²) in [4.78, 5) is 14.4. The molecule has 0 spiro atoms. The van der Waals surface area contributed by atoms with E-state index in [-0.39, 0.29) is 28.1 Å². The van der Waals surface area contributed by atoms with Crippen LogP contribution in [-0.2, 0) is 22.4 Å². The number of benzene rings is 1. The number of hydrogen-bond donors (Lipinski definition) is 0. The van der Waals surface area contributed by atoms with E-state index >= 15 is 0 Å². The Balaban J connectivity index is 0.000000980. The predicted molar refractivity (Wildman–Crippen MR) is 46.1 cm³/mol. The zero-order chi connectivity index (χ0) is 9.26. The van der Waals surface area contributed by atoms with Gasteiger partial charge in [-0.25, -0.2) is 4.98 Å². The maximum absolute atomic E-state index is 10.5. The average molecular weight is 280 g/mol. The summed E-state index contributed by atoms with van der Waals surface area (Å²) in [7, 11) is 0. The third-order valence-corrected chi connectivity index (χ3v) is 1.81. The van der Waals surface area contributed by atoms with Crippen molar-refractivity contribution in [1.82, 2.24) is 4.98 Å². The van der Waals surface area contributed by atoms with Gasteiger partial charge in [-0.15, -0.1) is 0 Å². The molecular formula is C10H6AgNO2. The van der Waals surface area contributed by atoms with E-state index in [1.54, 1.807) is 12.1 Å². The molecule has 2 aromatic rings. The molecule has 0 fully saturated rings. The number of pyridine rings is 1. The van der Waals surface area contributed by atoms with E-state index in [2.05, 4.69) is 4.98 Å². The molecule has 1 aromatic carbocycles. The first kappa shape index (κ1) is 10.9.